The summed E-state index contributed by atoms with van der Waals surface area (Å²) in [6, 6.07) is 3.88. The largest absolute Gasteiger partial charge is 0.481 e. The topological polar surface area (TPSA) is 69.6 Å². The van der Waals surface area contributed by atoms with Crippen LogP contribution < -0.4 is 5.32 Å². The maximum absolute atomic E-state index is 13.1. The number of carbonyl (C=O) groups excluding carboxylic acids is 1. The van der Waals surface area contributed by atoms with Gasteiger partial charge in [-0.2, -0.15) is 0 Å². The number of benzene rings is 1. The van der Waals surface area contributed by atoms with E-state index in [-0.39, 0.29) is 12.4 Å². The maximum Gasteiger partial charge on any atom is 0.321 e. The van der Waals surface area contributed by atoms with Crippen LogP contribution in [0.25, 0.3) is 0 Å². The van der Waals surface area contributed by atoms with Crippen LogP contribution >= 0.6 is 0 Å². The summed E-state index contributed by atoms with van der Waals surface area (Å²) in [6.07, 6.45) is 0. The van der Waals surface area contributed by atoms with Crippen molar-refractivity contribution in [2.75, 3.05) is 18.4 Å². The van der Waals surface area contributed by atoms with Gasteiger partial charge in [0.1, 0.15) is 5.82 Å². The molecule has 6 heteroatoms. The average molecular weight is 282 g/mol. The number of aryl methyl sites for hydroxylation is 1. The van der Waals surface area contributed by atoms with Gasteiger partial charge >= 0.3 is 12.0 Å². The number of amides is 2. The van der Waals surface area contributed by atoms with Gasteiger partial charge in [0.15, 0.2) is 0 Å². The van der Waals surface area contributed by atoms with E-state index in [1.54, 1.807) is 20.8 Å². The summed E-state index contributed by atoms with van der Waals surface area (Å²) >= 11 is 0. The molecule has 0 aliphatic heterocycles. The van der Waals surface area contributed by atoms with Crippen LogP contribution in [-0.2, 0) is 4.79 Å². The zero-order valence-electron chi connectivity index (χ0n) is 11.8. The molecule has 1 aromatic carbocycles. The van der Waals surface area contributed by atoms with Crippen molar-refractivity contribution in [1.29, 1.82) is 0 Å². The molecule has 2 N–H and O–H groups in total. The van der Waals surface area contributed by atoms with Crippen molar-refractivity contribution in [2.45, 2.75) is 20.8 Å². The fourth-order valence-corrected chi connectivity index (χ4v) is 1.69. The lowest BCUT2D eigenvalue weighted by atomic mass is 10.2. The lowest BCUT2D eigenvalue weighted by molar-refractivity contribution is -0.141. The third kappa shape index (κ3) is 4.22. The first-order chi connectivity index (χ1) is 9.35. The van der Waals surface area contributed by atoms with E-state index >= 15 is 0 Å². The fraction of sp³-hybridized carbons (Fsp3) is 0.429. The summed E-state index contributed by atoms with van der Waals surface area (Å²) in [5, 5.41) is 11.5. The van der Waals surface area contributed by atoms with Crippen LogP contribution in [0.15, 0.2) is 18.2 Å². The van der Waals surface area contributed by atoms with Gasteiger partial charge in [-0.25, -0.2) is 9.18 Å². The quantitative estimate of drug-likeness (QED) is 0.872. The van der Waals surface area contributed by atoms with Gasteiger partial charge in [-0.1, -0.05) is 6.92 Å². The lowest BCUT2D eigenvalue weighted by Gasteiger charge is -2.23. The number of carboxylic acid groups (broad SMARTS) is 1. The second kappa shape index (κ2) is 6.88. The van der Waals surface area contributed by atoms with E-state index < -0.39 is 17.9 Å². The van der Waals surface area contributed by atoms with Crippen molar-refractivity contribution in [3.05, 3.63) is 29.6 Å². The molecule has 0 fully saturated rings. The molecule has 5 nitrogen and oxygen atoms in total. The summed E-state index contributed by atoms with van der Waals surface area (Å²) in [5.74, 6) is -1.93. The third-order valence-corrected chi connectivity index (χ3v) is 2.99. The van der Waals surface area contributed by atoms with Crippen molar-refractivity contribution in [1.82, 2.24) is 4.90 Å². The second-order valence-electron chi connectivity index (χ2n) is 4.67. The van der Waals surface area contributed by atoms with Crippen molar-refractivity contribution in [2.24, 2.45) is 5.92 Å². The molecule has 1 aromatic rings. The normalized spacial score (nSPS) is 11.8. The zero-order chi connectivity index (χ0) is 15.3. The molecule has 1 rings (SSSR count). The molecule has 0 spiro atoms. The number of urea groups is 1. The Hall–Kier alpha value is -2.11. The molecule has 0 saturated heterocycles. The van der Waals surface area contributed by atoms with Crippen molar-refractivity contribution < 1.29 is 19.1 Å². The summed E-state index contributed by atoms with van der Waals surface area (Å²) in [6.45, 7) is 5.43. The smallest absolute Gasteiger partial charge is 0.321 e. The van der Waals surface area contributed by atoms with Gasteiger partial charge in [-0.05, 0) is 37.6 Å². The van der Waals surface area contributed by atoms with Gasteiger partial charge < -0.3 is 15.3 Å². The average Bonchev–Trinajstić information content (AvgIpc) is 2.39. The summed E-state index contributed by atoms with van der Waals surface area (Å²) in [4.78, 5) is 24.2. The number of carbonyl (C=O) groups is 2. The molecular formula is C14H19FN2O3. The number of aliphatic carboxylic acids is 1. The van der Waals surface area contributed by atoms with Crippen LogP contribution in [0.2, 0.25) is 0 Å². The van der Waals surface area contributed by atoms with E-state index in [0.717, 1.165) is 0 Å². The predicted molar refractivity (Wildman–Crippen MR) is 74.2 cm³/mol. The van der Waals surface area contributed by atoms with Gasteiger partial charge in [0, 0.05) is 18.8 Å². The molecule has 20 heavy (non-hydrogen) atoms. The van der Waals surface area contributed by atoms with E-state index in [4.69, 9.17) is 5.11 Å². The molecule has 2 amide bonds. The minimum absolute atomic E-state index is 0.123. The standard InChI is InChI=1S/C14H19FN2O3/c1-4-17(8-10(3)13(18)19)14(20)16-11-5-6-12(15)9(2)7-11/h5-7,10H,4,8H2,1-3H3,(H,16,20)(H,18,19). The highest BCUT2D eigenvalue weighted by Gasteiger charge is 2.19. The molecule has 0 aromatic heterocycles. The highest BCUT2D eigenvalue weighted by molar-refractivity contribution is 5.89. The Morgan fingerprint density at radius 3 is 2.60 bits per heavy atom. The minimum Gasteiger partial charge on any atom is -0.481 e. The number of nitrogens with zero attached hydrogens (tertiary/aromatic N) is 1. The second-order valence-corrected chi connectivity index (χ2v) is 4.67. The first kappa shape index (κ1) is 15.9. The number of nitrogens with one attached hydrogen (secondary N) is 1. The van der Waals surface area contributed by atoms with Crippen LogP contribution in [0, 0.1) is 18.7 Å². The van der Waals surface area contributed by atoms with Crippen LogP contribution in [0.5, 0.6) is 0 Å². The molecule has 0 aliphatic carbocycles. The molecule has 0 radical (unpaired) electrons. The Bertz CT molecular complexity index is 505. The highest BCUT2D eigenvalue weighted by atomic mass is 19.1. The number of halogens is 1. The van der Waals surface area contributed by atoms with Gasteiger partial charge in [-0.3, -0.25) is 4.79 Å². The van der Waals surface area contributed by atoms with Crippen LogP contribution in [0.4, 0.5) is 14.9 Å². The molecule has 0 saturated carbocycles. The SMILES string of the molecule is CCN(CC(C)C(=O)O)C(=O)Nc1ccc(F)c(C)c1. The van der Waals surface area contributed by atoms with Gasteiger partial charge in [-0.15, -0.1) is 0 Å². The predicted octanol–water partition coefficient (Wildman–Crippen LogP) is 2.71. The zero-order valence-corrected chi connectivity index (χ0v) is 11.8. The summed E-state index contributed by atoms with van der Waals surface area (Å²) < 4.78 is 13.1. The Morgan fingerprint density at radius 1 is 1.45 bits per heavy atom. The lowest BCUT2D eigenvalue weighted by Crippen LogP contribution is -2.39. The molecule has 0 heterocycles. The molecular weight excluding hydrogens is 263 g/mol. The number of hydrogen-bond acceptors (Lipinski definition) is 2. The van der Waals surface area contributed by atoms with E-state index in [9.17, 15) is 14.0 Å². The van der Waals surface area contributed by atoms with Crippen molar-refractivity contribution >= 4 is 17.7 Å². The number of carboxylic acids is 1. The molecule has 1 unspecified atom stereocenters. The Balaban J connectivity index is 2.72. The fourth-order valence-electron chi connectivity index (χ4n) is 1.69. The molecule has 110 valence electrons. The van der Waals surface area contributed by atoms with Gasteiger partial charge in [0.05, 0.1) is 5.92 Å². The van der Waals surface area contributed by atoms with Gasteiger partial charge in [0.2, 0.25) is 0 Å². The van der Waals surface area contributed by atoms with E-state index in [2.05, 4.69) is 5.32 Å². The summed E-state index contributed by atoms with van der Waals surface area (Å²) in [5.41, 5.74) is 0.917. The van der Waals surface area contributed by atoms with Crippen LogP contribution in [0.1, 0.15) is 19.4 Å². The minimum atomic E-state index is -0.950. The Morgan fingerprint density at radius 2 is 2.10 bits per heavy atom. The number of hydrogen-bond donors (Lipinski definition) is 2. The molecule has 1 atom stereocenters. The monoisotopic (exact) mass is 282 g/mol. The van der Waals surface area contributed by atoms with Crippen molar-refractivity contribution in [3.63, 3.8) is 0 Å². The number of rotatable bonds is 5. The first-order valence-electron chi connectivity index (χ1n) is 6.40. The Labute approximate surface area is 117 Å². The van der Waals surface area contributed by atoms with Crippen LogP contribution in [0.3, 0.4) is 0 Å². The van der Waals surface area contributed by atoms with E-state index in [1.807, 2.05) is 0 Å². The van der Waals surface area contributed by atoms with E-state index in [1.165, 1.54) is 23.1 Å². The van der Waals surface area contributed by atoms with Gasteiger partial charge in [0.25, 0.3) is 0 Å². The Kier molecular flexibility index (Phi) is 5.49. The van der Waals surface area contributed by atoms with Crippen molar-refractivity contribution in [3.8, 4) is 0 Å². The van der Waals surface area contributed by atoms with E-state index in [0.29, 0.717) is 17.8 Å². The molecule has 0 aliphatic rings. The molecule has 0 bridgehead atoms. The third-order valence-electron chi connectivity index (χ3n) is 2.99. The summed E-state index contributed by atoms with van der Waals surface area (Å²) in [7, 11) is 0. The van der Waals surface area contributed by atoms with Crippen LogP contribution in [-0.4, -0.2) is 35.1 Å². The number of anilines is 1. The first-order valence-corrected chi connectivity index (χ1v) is 6.40. The highest BCUT2D eigenvalue weighted by Crippen LogP contribution is 2.14. The maximum atomic E-state index is 13.1.